The van der Waals surface area contributed by atoms with Crippen LogP contribution < -0.4 is 21.3 Å². The van der Waals surface area contributed by atoms with Gasteiger partial charge in [0.05, 0.1) is 0 Å². The van der Waals surface area contributed by atoms with E-state index in [9.17, 15) is 29.1 Å². The van der Waals surface area contributed by atoms with E-state index in [1.807, 2.05) is 58.0 Å². The molecule has 0 aliphatic heterocycles. The lowest BCUT2D eigenvalue weighted by molar-refractivity contribution is -0.142. The van der Waals surface area contributed by atoms with E-state index in [-0.39, 0.29) is 18.8 Å². The van der Waals surface area contributed by atoms with Crippen molar-refractivity contribution in [3.05, 3.63) is 35.9 Å². The first-order chi connectivity index (χ1) is 18.1. The Balaban J connectivity index is 3.13. The zero-order valence-electron chi connectivity index (χ0n) is 23.0. The Kier molecular flexibility index (Phi) is 15.4. The highest BCUT2D eigenvalue weighted by Gasteiger charge is 2.31. The van der Waals surface area contributed by atoms with Crippen molar-refractivity contribution in [3.8, 4) is 0 Å². The van der Waals surface area contributed by atoms with Crippen LogP contribution in [0.5, 0.6) is 0 Å². The van der Waals surface area contributed by atoms with Crippen LogP contribution in [0.25, 0.3) is 0 Å². The molecule has 0 saturated heterocycles. The summed E-state index contributed by atoms with van der Waals surface area (Å²) in [5.41, 5.74) is 0.785. The summed E-state index contributed by atoms with van der Waals surface area (Å²) in [5, 5.41) is 20.1. The summed E-state index contributed by atoms with van der Waals surface area (Å²) in [6.45, 7) is 7.72. The van der Waals surface area contributed by atoms with E-state index in [1.54, 1.807) is 0 Å². The van der Waals surface area contributed by atoms with Gasteiger partial charge in [0, 0.05) is 6.42 Å². The van der Waals surface area contributed by atoms with Gasteiger partial charge in [0.2, 0.25) is 24.1 Å². The predicted molar refractivity (Wildman–Crippen MR) is 145 cm³/mol. The van der Waals surface area contributed by atoms with Gasteiger partial charge in [-0.15, -0.1) is 0 Å². The highest BCUT2D eigenvalue weighted by Crippen LogP contribution is 2.10. The van der Waals surface area contributed by atoms with Crippen LogP contribution in [0, 0.1) is 5.92 Å². The third kappa shape index (κ3) is 12.2. The number of hydrogen-bond acceptors (Lipinski definition) is 5. The number of unbranched alkanes of at least 4 members (excludes halogenated alkanes) is 2. The van der Waals surface area contributed by atoms with Gasteiger partial charge in [-0.1, -0.05) is 83.7 Å². The van der Waals surface area contributed by atoms with Crippen molar-refractivity contribution in [3.63, 3.8) is 0 Å². The number of carboxylic acids is 1. The average Bonchev–Trinajstić information content (AvgIpc) is 2.88. The number of carbonyl (C=O) groups excluding carboxylic acids is 4. The highest BCUT2D eigenvalue weighted by molar-refractivity contribution is 5.94. The molecule has 0 unspecified atom stereocenters. The fourth-order valence-electron chi connectivity index (χ4n) is 4.03. The second kappa shape index (κ2) is 17.9. The molecular formula is C28H44N4O6. The molecule has 0 radical (unpaired) electrons. The summed E-state index contributed by atoms with van der Waals surface area (Å²) in [4.78, 5) is 62.2. The van der Waals surface area contributed by atoms with Crippen molar-refractivity contribution < 1.29 is 29.1 Å². The molecule has 0 heterocycles. The molecule has 212 valence electrons. The van der Waals surface area contributed by atoms with Crippen LogP contribution in [0.15, 0.2) is 30.3 Å². The average molecular weight is 533 g/mol. The van der Waals surface area contributed by atoms with E-state index in [2.05, 4.69) is 21.3 Å². The molecule has 1 aromatic rings. The van der Waals surface area contributed by atoms with Crippen LogP contribution in [0.4, 0.5) is 0 Å². The molecule has 0 bridgehead atoms. The van der Waals surface area contributed by atoms with Gasteiger partial charge < -0.3 is 26.4 Å². The van der Waals surface area contributed by atoms with Gasteiger partial charge in [0.15, 0.2) is 0 Å². The fraction of sp³-hybridized carbons (Fsp3) is 0.607. The summed E-state index contributed by atoms with van der Waals surface area (Å²) >= 11 is 0. The zero-order valence-corrected chi connectivity index (χ0v) is 23.0. The number of carbonyl (C=O) groups is 5. The maximum absolute atomic E-state index is 13.4. The number of carboxylic acid groups (broad SMARTS) is 1. The van der Waals surface area contributed by atoms with Crippen LogP contribution in [0.3, 0.4) is 0 Å². The number of nitrogens with one attached hydrogen (secondary N) is 4. The van der Waals surface area contributed by atoms with E-state index in [0.29, 0.717) is 25.7 Å². The largest absolute Gasteiger partial charge is 0.480 e. The molecule has 10 nitrogen and oxygen atoms in total. The maximum atomic E-state index is 13.4. The topological polar surface area (TPSA) is 154 Å². The molecule has 0 saturated carbocycles. The number of amides is 4. The lowest BCUT2D eigenvalue weighted by atomic mass is 10.00. The quantitative estimate of drug-likeness (QED) is 0.172. The van der Waals surface area contributed by atoms with Gasteiger partial charge in [0.25, 0.3) is 0 Å². The van der Waals surface area contributed by atoms with Crippen LogP contribution in [0.1, 0.15) is 78.2 Å². The van der Waals surface area contributed by atoms with Gasteiger partial charge in [-0.2, -0.15) is 0 Å². The third-order valence-electron chi connectivity index (χ3n) is 6.15. The second-order valence-corrected chi connectivity index (χ2v) is 9.96. The SMILES string of the molecule is CCCC[C@H](NC(=O)[C@H](Cc1ccccc1)NC(=O)[C@H](CC(C)C)NC(=O)[C@H](CCCC)NC=O)C(=O)O. The summed E-state index contributed by atoms with van der Waals surface area (Å²) in [6.07, 6.45) is 4.61. The van der Waals surface area contributed by atoms with Crippen molar-refractivity contribution >= 4 is 30.1 Å². The van der Waals surface area contributed by atoms with Crippen LogP contribution in [-0.4, -0.2) is 59.4 Å². The smallest absolute Gasteiger partial charge is 0.326 e. The molecule has 0 aliphatic carbocycles. The molecule has 0 aromatic heterocycles. The standard InChI is InChI=1S/C28H44N4O6/c1-5-7-14-21(29-18-33)25(34)31-23(16-19(3)4)26(35)32-24(17-20-12-10-9-11-13-20)27(36)30-22(28(37)38)15-8-6-2/h9-13,18-19,21-24H,5-8,14-17H2,1-4H3,(H,29,33)(H,30,36)(H,31,34)(H,32,35)(H,37,38)/t21-,22-,23-,24-/m0/s1. The minimum Gasteiger partial charge on any atom is -0.480 e. The molecule has 0 fully saturated rings. The van der Waals surface area contributed by atoms with Crippen LogP contribution in [-0.2, 0) is 30.4 Å². The Morgan fingerprint density at radius 2 is 1.29 bits per heavy atom. The van der Waals surface area contributed by atoms with Gasteiger partial charge >= 0.3 is 5.97 Å². The normalized spacial score (nSPS) is 14.0. The van der Waals surface area contributed by atoms with Crippen molar-refractivity contribution in [2.45, 2.75) is 103 Å². The van der Waals surface area contributed by atoms with Crippen LogP contribution >= 0.6 is 0 Å². The number of hydrogen-bond donors (Lipinski definition) is 5. The molecule has 10 heteroatoms. The summed E-state index contributed by atoms with van der Waals surface area (Å²) in [7, 11) is 0. The summed E-state index contributed by atoms with van der Waals surface area (Å²) in [5.74, 6) is -2.72. The molecule has 4 atom stereocenters. The molecule has 0 spiro atoms. The lowest BCUT2D eigenvalue weighted by Crippen LogP contribution is -2.58. The van der Waals surface area contributed by atoms with Crippen molar-refractivity contribution in [1.29, 1.82) is 0 Å². The first-order valence-corrected chi connectivity index (χ1v) is 13.5. The fourth-order valence-corrected chi connectivity index (χ4v) is 4.03. The van der Waals surface area contributed by atoms with Gasteiger partial charge in [0.1, 0.15) is 24.2 Å². The lowest BCUT2D eigenvalue weighted by Gasteiger charge is -2.26. The Morgan fingerprint density at radius 3 is 1.82 bits per heavy atom. The Morgan fingerprint density at radius 1 is 0.789 bits per heavy atom. The summed E-state index contributed by atoms with van der Waals surface area (Å²) in [6, 6.07) is 5.25. The predicted octanol–water partition coefficient (Wildman–Crippen LogP) is 2.31. The number of aliphatic carboxylic acids is 1. The van der Waals surface area contributed by atoms with Gasteiger partial charge in [-0.3, -0.25) is 19.2 Å². The third-order valence-corrected chi connectivity index (χ3v) is 6.15. The number of benzene rings is 1. The Labute approximate surface area is 225 Å². The van der Waals surface area contributed by atoms with E-state index in [1.165, 1.54) is 0 Å². The molecule has 38 heavy (non-hydrogen) atoms. The second-order valence-electron chi connectivity index (χ2n) is 9.96. The monoisotopic (exact) mass is 532 g/mol. The molecule has 4 amide bonds. The van der Waals surface area contributed by atoms with E-state index in [4.69, 9.17) is 0 Å². The first kappa shape index (κ1) is 32.6. The summed E-state index contributed by atoms with van der Waals surface area (Å²) < 4.78 is 0. The zero-order chi connectivity index (χ0) is 28.5. The molecule has 1 rings (SSSR count). The van der Waals surface area contributed by atoms with Crippen molar-refractivity contribution in [1.82, 2.24) is 21.3 Å². The first-order valence-electron chi connectivity index (χ1n) is 13.5. The molecule has 5 N–H and O–H groups in total. The van der Waals surface area contributed by atoms with Crippen molar-refractivity contribution in [2.24, 2.45) is 5.92 Å². The van der Waals surface area contributed by atoms with Gasteiger partial charge in [-0.05, 0) is 30.7 Å². The van der Waals surface area contributed by atoms with E-state index >= 15 is 0 Å². The number of rotatable bonds is 19. The van der Waals surface area contributed by atoms with E-state index in [0.717, 1.165) is 24.8 Å². The highest BCUT2D eigenvalue weighted by atomic mass is 16.4. The van der Waals surface area contributed by atoms with E-state index < -0.39 is 47.9 Å². The minimum absolute atomic E-state index is 0.0472. The van der Waals surface area contributed by atoms with Gasteiger partial charge in [-0.25, -0.2) is 4.79 Å². The molecule has 1 aromatic carbocycles. The maximum Gasteiger partial charge on any atom is 0.326 e. The molecular weight excluding hydrogens is 488 g/mol. The molecule has 0 aliphatic rings. The van der Waals surface area contributed by atoms with Crippen LogP contribution in [0.2, 0.25) is 0 Å². The minimum atomic E-state index is -1.14. The Hall–Kier alpha value is -3.43. The van der Waals surface area contributed by atoms with Crippen molar-refractivity contribution in [2.75, 3.05) is 0 Å². The Bertz CT molecular complexity index is 893.